The van der Waals surface area contributed by atoms with Crippen molar-refractivity contribution >= 4 is 27.5 Å². The molecule has 0 radical (unpaired) electrons. The molecule has 9 heteroatoms. The van der Waals surface area contributed by atoms with Crippen molar-refractivity contribution in [1.82, 2.24) is 13.5 Å². The van der Waals surface area contributed by atoms with Crippen LogP contribution in [0.2, 0.25) is 0 Å². The van der Waals surface area contributed by atoms with Crippen molar-refractivity contribution in [3.63, 3.8) is 0 Å². The molecule has 0 bridgehead atoms. The van der Waals surface area contributed by atoms with Crippen molar-refractivity contribution < 1.29 is 17.9 Å². The van der Waals surface area contributed by atoms with Gasteiger partial charge in [0.25, 0.3) is 16.1 Å². The molecule has 0 aromatic carbocycles. The minimum absolute atomic E-state index is 0.0414. The van der Waals surface area contributed by atoms with Crippen LogP contribution in [0.25, 0.3) is 0 Å². The van der Waals surface area contributed by atoms with Crippen LogP contribution in [0.5, 0.6) is 0 Å². The highest BCUT2D eigenvalue weighted by Crippen LogP contribution is 2.32. The van der Waals surface area contributed by atoms with Gasteiger partial charge in [0.1, 0.15) is 0 Å². The van der Waals surface area contributed by atoms with E-state index in [0.29, 0.717) is 45.6 Å². The lowest BCUT2D eigenvalue weighted by atomic mass is 9.90. The Morgan fingerprint density at radius 3 is 2.58 bits per heavy atom. The van der Waals surface area contributed by atoms with Crippen LogP contribution < -0.4 is 0 Å². The largest absolute Gasteiger partial charge is 0.372 e. The SMILES string of the molecule is CN(C)S(=O)(=O)N1CCOC2(CCN(C(=O)c3ccsc3)CC2)C1. The number of thiophene rings is 1. The number of likely N-dealkylation sites (tertiary alicyclic amines) is 1. The van der Waals surface area contributed by atoms with Gasteiger partial charge in [0.15, 0.2) is 0 Å². The molecule has 1 spiro atoms. The Bertz CT molecular complexity index is 680. The lowest BCUT2D eigenvalue weighted by molar-refractivity contribution is -0.116. The molecule has 0 aliphatic carbocycles. The zero-order valence-electron chi connectivity index (χ0n) is 14.0. The van der Waals surface area contributed by atoms with Gasteiger partial charge in [-0.1, -0.05) is 0 Å². The highest BCUT2D eigenvalue weighted by atomic mass is 32.2. The summed E-state index contributed by atoms with van der Waals surface area (Å²) in [6.45, 7) is 2.30. The normalized spacial score (nSPS) is 22.2. The molecule has 134 valence electrons. The molecule has 7 nitrogen and oxygen atoms in total. The molecule has 0 N–H and O–H groups in total. The molecule has 0 atom stereocenters. The summed E-state index contributed by atoms with van der Waals surface area (Å²) in [6.07, 6.45) is 1.31. The molecule has 2 aliphatic rings. The fourth-order valence-corrected chi connectivity index (χ4v) is 5.02. The second-order valence-electron chi connectivity index (χ2n) is 6.46. The average molecular weight is 374 g/mol. The van der Waals surface area contributed by atoms with E-state index < -0.39 is 15.8 Å². The lowest BCUT2D eigenvalue weighted by Crippen LogP contribution is -2.59. The van der Waals surface area contributed by atoms with Crippen LogP contribution in [0, 0.1) is 0 Å². The Labute approximate surface area is 147 Å². The molecular weight excluding hydrogens is 350 g/mol. The standard InChI is InChI=1S/C15H23N3O4S2/c1-16(2)24(20,21)18-8-9-22-15(12-18)4-6-17(7-5-15)14(19)13-3-10-23-11-13/h3,10-11H,4-9,12H2,1-2H3. The molecule has 1 aromatic rings. The Kier molecular flexibility index (Phi) is 4.99. The van der Waals surface area contributed by atoms with Gasteiger partial charge < -0.3 is 9.64 Å². The van der Waals surface area contributed by atoms with Crippen LogP contribution >= 0.6 is 11.3 Å². The summed E-state index contributed by atoms with van der Waals surface area (Å²) in [5.74, 6) is 0.0414. The van der Waals surface area contributed by atoms with Gasteiger partial charge in [-0.25, -0.2) is 0 Å². The van der Waals surface area contributed by atoms with Gasteiger partial charge in [-0.15, -0.1) is 0 Å². The van der Waals surface area contributed by atoms with Gasteiger partial charge in [0, 0.05) is 45.7 Å². The highest BCUT2D eigenvalue weighted by Gasteiger charge is 2.44. The number of ether oxygens (including phenoxy) is 1. The molecule has 2 saturated heterocycles. The van der Waals surface area contributed by atoms with Crippen molar-refractivity contribution in [1.29, 1.82) is 0 Å². The maximum atomic E-state index is 12.4. The first kappa shape index (κ1) is 17.8. The van der Waals surface area contributed by atoms with E-state index in [1.165, 1.54) is 19.9 Å². The van der Waals surface area contributed by atoms with Crippen molar-refractivity contribution in [3.8, 4) is 0 Å². The van der Waals surface area contributed by atoms with Gasteiger partial charge in [0.05, 0.1) is 17.8 Å². The first-order valence-electron chi connectivity index (χ1n) is 7.97. The molecule has 2 fully saturated rings. The highest BCUT2D eigenvalue weighted by molar-refractivity contribution is 7.86. The second kappa shape index (κ2) is 6.72. The number of carbonyl (C=O) groups excluding carboxylic acids is 1. The maximum Gasteiger partial charge on any atom is 0.281 e. The quantitative estimate of drug-likeness (QED) is 0.788. The molecule has 1 amide bonds. The number of morpholine rings is 1. The van der Waals surface area contributed by atoms with E-state index in [0.717, 1.165) is 5.56 Å². The Hall–Kier alpha value is -1.000. The van der Waals surface area contributed by atoms with Gasteiger partial charge in [-0.2, -0.15) is 28.4 Å². The summed E-state index contributed by atoms with van der Waals surface area (Å²) in [6, 6.07) is 1.83. The molecule has 3 rings (SSSR count). The first-order chi connectivity index (χ1) is 11.3. The minimum atomic E-state index is -3.43. The average Bonchev–Trinajstić information content (AvgIpc) is 3.09. The van der Waals surface area contributed by atoms with Gasteiger partial charge in [-0.05, 0) is 24.3 Å². The predicted octanol–water partition coefficient (Wildman–Crippen LogP) is 0.862. The van der Waals surface area contributed by atoms with E-state index in [1.54, 1.807) is 14.1 Å². The summed E-state index contributed by atoms with van der Waals surface area (Å²) >= 11 is 1.51. The first-order valence-corrected chi connectivity index (χ1v) is 10.3. The molecule has 2 aliphatic heterocycles. The van der Waals surface area contributed by atoms with E-state index in [4.69, 9.17) is 4.74 Å². The van der Waals surface area contributed by atoms with Gasteiger partial charge in [0.2, 0.25) is 0 Å². The summed E-state index contributed by atoms with van der Waals surface area (Å²) < 4.78 is 33.4. The van der Waals surface area contributed by atoms with Crippen LogP contribution in [0.4, 0.5) is 0 Å². The molecule has 0 unspecified atom stereocenters. The van der Waals surface area contributed by atoms with Crippen molar-refractivity contribution in [3.05, 3.63) is 22.4 Å². The third kappa shape index (κ3) is 3.36. The van der Waals surface area contributed by atoms with Crippen LogP contribution in [0.1, 0.15) is 23.2 Å². The maximum absolute atomic E-state index is 12.4. The number of amides is 1. The van der Waals surface area contributed by atoms with Crippen molar-refractivity contribution in [2.75, 3.05) is 46.9 Å². The number of carbonyl (C=O) groups is 1. The molecular formula is C15H23N3O4S2. The topological polar surface area (TPSA) is 70.2 Å². The second-order valence-corrected chi connectivity index (χ2v) is 9.38. The zero-order chi connectivity index (χ0) is 17.4. The number of piperidine rings is 1. The third-order valence-electron chi connectivity index (χ3n) is 4.73. The van der Waals surface area contributed by atoms with Crippen LogP contribution in [0.15, 0.2) is 16.8 Å². The molecule has 24 heavy (non-hydrogen) atoms. The van der Waals surface area contributed by atoms with E-state index in [9.17, 15) is 13.2 Å². The number of hydrogen-bond acceptors (Lipinski definition) is 5. The molecule has 3 heterocycles. The van der Waals surface area contributed by atoms with Gasteiger partial charge in [-0.3, -0.25) is 4.79 Å². The number of nitrogens with zero attached hydrogens (tertiary/aromatic N) is 3. The predicted molar refractivity (Wildman–Crippen MR) is 92.3 cm³/mol. The van der Waals surface area contributed by atoms with Crippen LogP contribution in [-0.2, 0) is 14.9 Å². The monoisotopic (exact) mass is 373 g/mol. The minimum Gasteiger partial charge on any atom is -0.372 e. The third-order valence-corrected chi connectivity index (χ3v) is 7.30. The Balaban J connectivity index is 1.65. The van der Waals surface area contributed by atoms with Crippen molar-refractivity contribution in [2.24, 2.45) is 0 Å². The molecule has 1 aromatic heterocycles. The van der Waals surface area contributed by atoms with Crippen molar-refractivity contribution in [2.45, 2.75) is 18.4 Å². The molecule has 0 saturated carbocycles. The number of rotatable bonds is 3. The Morgan fingerprint density at radius 2 is 2.00 bits per heavy atom. The fraction of sp³-hybridized carbons (Fsp3) is 0.667. The number of hydrogen-bond donors (Lipinski definition) is 0. The fourth-order valence-electron chi connectivity index (χ4n) is 3.23. The van der Waals surface area contributed by atoms with E-state index in [1.807, 2.05) is 21.7 Å². The van der Waals surface area contributed by atoms with Gasteiger partial charge >= 0.3 is 0 Å². The van der Waals surface area contributed by atoms with E-state index in [-0.39, 0.29) is 5.91 Å². The van der Waals surface area contributed by atoms with E-state index in [2.05, 4.69) is 0 Å². The summed E-state index contributed by atoms with van der Waals surface area (Å²) in [7, 11) is -0.351. The van der Waals surface area contributed by atoms with Crippen LogP contribution in [-0.4, -0.2) is 80.3 Å². The summed E-state index contributed by atoms with van der Waals surface area (Å²) in [5, 5.41) is 3.75. The van der Waals surface area contributed by atoms with E-state index >= 15 is 0 Å². The summed E-state index contributed by atoms with van der Waals surface area (Å²) in [4.78, 5) is 14.3. The smallest absolute Gasteiger partial charge is 0.281 e. The summed E-state index contributed by atoms with van der Waals surface area (Å²) in [5.41, 5.74) is 0.240. The lowest BCUT2D eigenvalue weighted by Gasteiger charge is -2.47. The zero-order valence-corrected chi connectivity index (χ0v) is 15.6. The van der Waals surface area contributed by atoms with Crippen LogP contribution in [0.3, 0.4) is 0 Å². The Morgan fingerprint density at radius 1 is 1.29 bits per heavy atom.